The number of methoxy groups -OCH3 is 1. The largest absolute Gasteiger partial charge is 0.496 e. The number of aromatic nitrogens is 3. The fourth-order valence-electron chi connectivity index (χ4n) is 3.31. The van der Waals surface area contributed by atoms with Gasteiger partial charge in [0.05, 0.1) is 19.2 Å². The number of H-pyrrole nitrogens is 1. The van der Waals surface area contributed by atoms with E-state index >= 15 is 0 Å². The quantitative estimate of drug-likeness (QED) is 0.304. The molecule has 0 saturated heterocycles. The number of nitrogens with zero attached hydrogens (tertiary/aromatic N) is 2. The van der Waals surface area contributed by atoms with Crippen molar-refractivity contribution >= 4 is 23.8 Å². The number of benzene rings is 3. The second-order valence-corrected chi connectivity index (χ2v) is 7.96. The molecule has 0 bridgehead atoms. The van der Waals surface area contributed by atoms with E-state index in [1.165, 1.54) is 0 Å². The molecule has 0 saturated carbocycles. The number of hydrogen-bond donors (Lipinski definition) is 3. The lowest BCUT2D eigenvalue weighted by molar-refractivity contribution is -0.118. The molecule has 0 spiro atoms. The molecule has 0 aliphatic heterocycles. The highest BCUT2D eigenvalue weighted by molar-refractivity contribution is 7.71. The Kier molecular flexibility index (Phi) is 7.24. The molecular formula is C25H25N5O3S. The molecule has 0 fully saturated rings. The van der Waals surface area contributed by atoms with Crippen LogP contribution in [0.3, 0.4) is 0 Å². The predicted octanol–water partition coefficient (Wildman–Crippen LogP) is 4.69. The first kappa shape index (κ1) is 23.1. The van der Waals surface area contributed by atoms with Crippen molar-refractivity contribution in [3.05, 3.63) is 88.7 Å². The summed E-state index contributed by atoms with van der Waals surface area (Å²) in [5, 5.41) is 9.98. The summed E-state index contributed by atoms with van der Waals surface area (Å²) >= 11 is 5.38. The van der Waals surface area contributed by atoms with Crippen molar-refractivity contribution in [2.45, 2.75) is 13.5 Å². The number of carbonyl (C=O) groups excluding carboxylic acids is 1. The number of para-hydroxylation sites is 1. The Bertz CT molecular complexity index is 1310. The Balaban J connectivity index is 1.34. The molecule has 0 aliphatic carbocycles. The standard InChI is InChI=1S/C25H25N5O3S/c1-17-7-11-19(12-8-17)27-23(31)16-33-20-13-9-18(10-14-20)15-26-30-24(28-29-25(30)34)21-5-3-4-6-22(21)32-2/h3-14,26H,15-16H2,1-2H3,(H,27,31)(H,29,34). The van der Waals surface area contributed by atoms with E-state index in [0.717, 1.165) is 22.4 Å². The maximum absolute atomic E-state index is 12.1. The third kappa shape index (κ3) is 5.62. The first-order valence-electron chi connectivity index (χ1n) is 10.7. The minimum Gasteiger partial charge on any atom is -0.496 e. The number of hydrogen-bond acceptors (Lipinski definition) is 6. The fourth-order valence-corrected chi connectivity index (χ4v) is 3.51. The zero-order valence-corrected chi connectivity index (χ0v) is 19.7. The van der Waals surface area contributed by atoms with E-state index in [1.807, 2.05) is 79.7 Å². The molecule has 174 valence electrons. The van der Waals surface area contributed by atoms with Gasteiger partial charge in [-0.05, 0) is 61.1 Å². The van der Waals surface area contributed by atoms with Gasteiger partial charge in [0.15, 0.2) is 12.4 Å². The van der Waals surface area contributed by atoms with Crippen molar-refractivity contribution in [3.63, 3.8) is 0 Å². The van der Waals surface area contributed by atoms with Crippen molar-refractivity contribution in [1.82, 2.24) is 14.9 Å². The van der Waals surface area contributed by atoms with Crippen LogP contribution in [-0.2, 0) is 11.3 Å². The van der Waals surface area contributed by atoms with E-state index in [9.17, 15) is 4.79 Å². The number of aromatic amines is 1. The molecule has 1 heterocycles. The van der Waals surface area contributed by atoms with Crippen LogP contribution in [0.15, 0.2) is 72.8 Å². The lowest BCUT2D eigenvalue weighted by Gasteiger charge is -2.13. The van der Waals surface area contributed by atoms with Crippen LogP contribution in [0.2, 0.25) is 0 Å². The molecule has 3 aromatic carbocycles. The molecule has 4 aromatic rings. The highest BCUT2D eigenvalue weighted by Crippen LogP contribution is 2.27. The second-order valence-electron chi connectivity index (χ2n) is 7.57. The maximum Gasteiger partial charge on any atom is 0.262 e. The van der Waals surface area contributed by atoms with Gasteiger partial charge in [-0.25, -0.2) is 9.77 Å². The van der Waals surface area contributed by atoms with Crippen molar-refractivity contribution in [3.8, 4) is 22.9 Å². The van der Waals surface area contributed by atoms with Gasteiger partial charge in [-0.1, -0.05) is 42.0 Å². The molecule has 1 amide bonds. The summed E-state index contributed by atoms with van der Waals surface area (Å²) in [4.78, 5) is 12.1. The number of carbonyl (C=O) groups is 1. The third-order valence-electron chi connectivity index (χ3n) is 5.09. The third-order valence-corrected chi connectivity index (χ3v) is 5.36. The average Bonchev–Trinajstić information content (AvgIpc) is 3.23. The van der Waals surface area contributed by atoms with Gasteiger partial charge in [-0.3, -0.25) is 4.79 Å². The topological polar surface area (TPSA) is 93.2 Å². The van der Waals surface area contributed by atoms with E-state index < -0.39 is 0 Å². The second kappa shape index (κ2) is 10.7. The Morgan fingerprint density at radius 1 is 1.06 bits per heavy atom. The molecule has 1 aromatic heterocycles. The van der Waals surface area contributed by atoms with Gasteiger partial charge in [0, 0.05) is 5.69 Å². The van der Waals surface area contributed by atoms with Gasteiger partial charge in [0.25, 0.3) is 5.91 Å². The number of rotatable bonds is 9. The van der Waals surface area contributed by atoms with Crippen LogP contribution < -0.4 is 20.2 Å². The lowest BCUT2D eigenvalue weighted by atomic mass is 10.2. The van der Waals surface area contributed by atoms with E-state index in [2.05, 4.69) is 20.9 Å². The lowest BCUT2D eigenvalue weighted by Crippen LogP contribution is -2.20. The predicted molar refractivity (Wildman–Crippen MR) is 134 cm³/mol. The van der Waals surface area contributed by atoms with E-state index in [-0.39, 0.29) is 12.5 Å². The van der Waals surface area contributed by atoms with Crippen LogP contribution >= 0.6 is 12.2 Å². The number of ether oxygens (including phenoxy) is 2. The zero-order chi connectivity index (χ0) is 23.9. The normalized spacial score (nSPS) is 10.5. The Morgan fingerprint density at radius 2 is 1.79 bits per heavy atom. The number of amides is 1. The highest BCUT2D eigenvalue weighted by Gasteiger charge is 2.13. The van der Waals surface area contributed by atoms with Crippen molar-refractivity contribution < 1.29 is 14.3 Å². The molecule has 4 rings (SSSR count). The van der Waals surface area contributed by atoms with E-state index in [1.54, 1.807) is 11.8 Å². The Morgan fingerprint density at radius 3 is 2.53 bits per heavy atom. The van der Waals surface area contributed by atoms with E-state index in [0.29, 0.717) is 28.6 Å². The summed E-state index contributed by atoms with van der Waals surface area (Å²) in [7, 11) is 1.62. The van der Waals surface area contributed by atoms with Crippen LogP contribution in [0.25, 0.3) is 11.4 Å². The van der Waals surface area contributed by atoms with Crippen LogP contribution in [0.5, 0.6) is 11.5 Å². The molecule has 8 nitrogen and oxygen atoms in total. The Hall–Kier alpha value is -4.11. The smallest absolute Gasteiger partial charge is 0.262 e. The molecule has 3 N–H and O–H groups in total. The van der Waals surface area contributed by atoms with Gasteiger partial charge in [0.1, 0.15) is 11.5 Å². The number of aryl methyl sites for hydroxylation is 1. The summed E-state index contributed by atoms with van der Waals surface area (Å²) in [5.41, 5.74) is 6.98. The molecule has 34 heavy (non-hydrogen) atoms. The zero-order valence-electron chi connectivity index (χ0n) is 18.9. The van der Waals surface area contributed by atoms with Crippen LogP contribution in [-0.4, -0.2) is 34.5 Å². The van der Waals surface area contributed by atoms with Gasteiger partial charge < -0.3 is 20.2 Å². The summed E-state index contributed by atoms with van der Waals surface area (Å²) in [5.74, 6) is 1.72. The molecule has 0 aliphatic rings. The summed E-state index contributed by atoms with van der Waals surface area (Å²) < 4.78 is 13.2. The maximum atomic E-state index is 12.1. The van der Waals surface area contributed by atoms with Crippen molar-refractivity contribution in [1.29, 1.82) is 0 Å². The average molecular weight is 476 g/mol. The summed E-state index contributed by atoms with van der Waals surface area (Å²) in [6, 6.07) is 22.7. The van der Waals surface area contributed by atoms with Crippen LogP contribution in [0.1, 0.15) is 11.1 Å². The molecule has 0 atom stereocenters. The first-order chi connectivity index (χ1) is 16.5. The number of anilines is 1. The monoisotopic (exact) mass is 475 g/mol. The minimum absolute atomic E-state index is 0.0715. The van der Waals surface area contributed by atoms with Gasteiger partial charge in [-0.15, -0.1) is 0 Å². The Labute approximate surface area is 202 Å². The number of nitrogens with one attached hydrogen (secondary N) is 3. The first-order valence-corrected chi connectivity index (χ1v) is 11.1. The summed E-state index contributed by atoms with van der Waals surface area (Å²) in [6.45, 7) is 2.43. The highest BCUT2D eigenvalue weighted by atomic mass is 32.1. The summed E-state index contributed by atoms with van der Waals surface area (Å²) in [6.07, 6.45) is 0. The molecule has 0 unspecified atom stereocenters. The van der Waals surface area contributed by atoms with Gasteiger partial charge in [-0.2, -0.15) is 5.10 Å². The fraction of sp³-hybridized carbons (Fsp3) is 0.160. The van der Waals surface area contributed by atoms with Gasteiger partial charge >= 0.3 is 0 Å². The van der Waals surface area contributed by atoms with Gasteiger partial charge in [0.2, 0.25) is 4.77 Å². The molecule has 0 radical (unpaired) electrons. The van der Waals surface area contributed by atoms with Crippen LogP contribution in [0.4, 0.5) is 5.69 Å². The van der Waals surface area contributed by atoms with E-state index in [4.69, 9.17) is 21.7 Å². The SMILES string of the molecule is COc1ccccc1-c1n[nH]c(=S)n1NCc1ccc(OCC(=O)Nc2ccc(C)cc2)cc1. The molecular weight excluding hydrogens is 450 g/mol. The van der Waals surface area contributed by atoms with Crippen molar-refractivity contribution in [2.75, 3.05) is 24.5 Å². The van der Waals surface area contributed by atoms with Crippen LogP contribution in [0, 0.1) is 11.7 Å². The minimum atomic E-state index is -0.215. The van der Waals surface area contributed by atoms with Crippen molar-refractivity contribution in [2.24, 2.45) is 0 Å². The molecule has 9 heteroatoms.